The summed E-state index contributed by atoms with van der Waals surface area (Å²) in [5.41, 5.74) is 0.798. The van der Waals surface area contributed by atoms with Gasteiger partial charge in [0.15, 0.2) is 0 Å². The van der Waals surface area contributed by atoms with Crippen LogP contribution in [0.5, 0.6) is 0 Å². The molecule has 2 rings (SSSR count). The Morgan fingerprint density at radius 2 is 2.19 bits per heavy atom. The number of pyridine rings is 1. The quantitative estimate of drug-likeness (QED) is 0.742. The highest BCUT2D eigenvalue weighted by Crippen LogP contribution is 2.06. The third-order valence-corrected chi connectivity index (χ3v) is 2.74. The van der Waals surface area contributed by atoms with Crippen LogP contribution >= 0.6 is 24.0 Å². The van der Waals surface area contributed by atoms with Gasteiger partial charge in [0.25, 0.3) is 0 Å². The Hall–Kier alpha value is -1.38. The van der Waals surface area contributed by atoms with Crippen LogP contribution in [-0.2, 0) is 6.54 Å². The third-order valence-electron chi connectivity index (χ3n) is 2.74. The Labute approximate surface area is 142 Å². The molecule has 0 aliphatic carbocycles. The van der Waals surface area contributed by atoms with Crippen LogP contribution in [0.15, 0.2) is 29.5 Å². The van der Waals surface area contributed by atoms with Crippen LogP contribution in [0, 0.1) is 0 Å². The highest BCUT2D eigenvalue weighted by molar-refractivity contribution is 14.0. The van der Waals surface area contributed by atoms with E-state index < -0.39 is 0 Å². The molecule has 21 heavy (non-hydrogen) atoms. The van der Waals surface area contributed by atoms with Gasteiger partial charge in [-0.3, -0.25) is 14.9 Å². The Kier molecular flexibility index (Phi) is 6.38. The molecule has 0 aromatic carbocycles. The van der Waals surface area contributed by atoms with Gasteiger partial charge in [-0.1, -0.05) is 6.07 Å². The zero-order chi connectivity index (χ0) is 14.6. The molecule has 0 bridgehead atoms. The minimum absolute atomic E-state index is 0. The SMILES string of the molecule is CC(C)(C)NC(=O)N1CCN=C1NCc1cccnc1.I. The monoisotopic (exact) mass is 403 g/mol. The van der Waals surface area contributed by atoms with Crippen LogP contribution in [-0.4, -0.2) is 40.5 Å². The fourth-order valence-electron chi connectivity index (χ4n) is 1.87. The predicted molar refractivity (Wildman–Crippen MR) is 93.8 cm³/mol. The zero-order valence-corrected chi connectivity index (χ0v) is 14.9. The second kappa shape index (κ2) is 7.58. The van der Waals surface area contributed by atoms with Crippen LogP contribution in [0.25, 0.3) is 0 Å². The van der Waals surface area contributed by atoms with Crippen LogP contribution in [0.1, 0.15) is 26.3 Å². The number of amides is 2. The summed E-state index contributed by atoms with van der Waals surface area (Å²) in [5, 5.41) is 6.13. The van der Waals surface area contributed by atoms with Crippen molar-refractivity contribution in [3.8, 4) is 0 Å². The normalized spacial score (nSPS) is 14.2. The highest BCUT2D eigenvalue weighted by Gasteiger charge is 2.26. The van der Waals surface area contributed by atoms with E-state index in [1.54, 1.807) is 17.3 Å². The number of guanidine groups is 1. The summed E-state index contributed by atoms with van der Waals surface area (Å²) in [4.78, 5) is 22.2. The number of hydrogen-bond donors (Lipinski definition) is 2. The maximum Gasteiger partial charge on any atom is 0.324 e. The summed E-state index contributed by atoms with van der Waals surface area (Å²) in [7, 11) is 0. The summed E-state index contributed by atoms with van der Waals surface area (Å²) in [5.74, 6) is 0.621. The molecule has 0 saturated carbocycles. The Morgan fingerprint density at radius 1 is 1.43 bits per heavy atom. The first-order chi connectivity index (χ1) is 9.46. The zero-order valence-electron chi connectivity index (χ0n) is 12.6. The Morgan fingerprint density at radius 3 is 2.81 bits per heavy atom. The van der Waals surface area contributed by atoms with E-state index in [-0.39, 0.29) is 35.5 Å². The van der Waals surface area contributed by atoms with Crippen molar-refractivity contribution in [3.05, 3.63) is 30.1 Å². The average Bonchev–Trinajstić information content (AvgIpc) is 2.84. The number of urea groups is 1. The van der Waals surface area contributed by atoms with Crippen LogP contribution < -0.4 is 10.6 Å². The highest BCUT2D eigenvalue weighted by atomic mass is 127. The number of nitrogens with zero attached hydrogens (tertiary/aromatic N) is 3. The topological polar surface area (TPSA) is 69.6 Å². The van der Waals surface area contributed by atoms with E-state index in [2.05, 4.69) is 20.6 Å². The molecule has 0 fully saturated rings. The van der Waals surface area contributed by atoms with Crippen LogP contribution in [0.2, 0.25) is 0 Å². The number of rotatable bonds is 2. The summed E-state index contributed by atoms with van der Waals surface area (Å²) < 4.78 is 0. The van der Waals surface area contributed by atoms with Crippen molar-refractivity contribution in [2.45, 2.75) is 32.9 Å². The fourth-order valence-corrected chi connectivity index (χ4v) is 1.87. The number of carbonyl (C=O) groups is 1. The molecule has 2 amide bonds. The summed E-state index contributed by atoms with van der Waals surface area (Å²) in [6.45, 7) is 7.72. The van der Waals surface area contributed by atoms with Gasteiger partial charge < -0.3 is 10.6 Å². The van der Waals surface area contributed by atoms with Crippen molar-refractivity contribution < 1.29 is 4.79 Å². The second-order valence-corrected chi connectivity index (χ2v) is 5.75. The van der Waals surface area contributed by atoms with E-state index in [1.165, 1.54) is 0 Å². The van der Waals surface area contributed by atoms with Gasteiger partial charge in [-0.05, 0) is 32.4 Å². The summed E-state index contributed by atoms with van der Waals surface area (Å²) in [6, 6.07) is 3.75. The average molecular weight is 403 g/mol. The van der Waals surface area contributed by atoms with E-state index in [0.717, 1.165) is 5.56 Å². The largest absolute Gasteiger partial charge is 0.352 e. The first kappa shape index (κ1) is 17.7. The van der Waals surface area contributed by atoms with Gasteiger partial charge in [0.05, 0.1) is 13.1 Å². The van der Waals surface area contributed by atoms with Crippen molar-refractivity contribution in [2.24, 2.45) is 4.99 Å². The predicted octanol–water partition coefficient (Wildman–Crippen LogP) is 1.97. The maximum absolute atomic E-state index is 12.2. The molecular formula is C14H22IN5O. The first-order valence-corrected chi connectivity index (χ1v) is 6.72. The molecule has 2 heterocycles. The van der Waals surface area contributed by atoms with Crippen molar-refractivity contribution >= 4 is 36.0 Å². The smallest absolute Gasteiger partial charge is 0.324 e. The van der Waals surface area contributed by atoms with Gasteiger partial charge >= 0.3 is 6.03 Å². The molecule has 1 aliphatic heterocycles. The molecule has 7 heteroatoms. The number of halogens is 1. The minimum Gasteiger partial charge on any atom is -0.352 e. The molecule has 1 aromatic rings. The Balaban J connectivity index is 0.00000220. The molecule has 0 atom stereocenters. The first-order valence-electron chi connectivity index (χ1n) is 6.72. The van der Waals surface area contributed by atoms with Crippen molar-refractivity contribution in [3.63, 3.8) is 0 Å². The number of aromatic nitrogens is 1. The number of aliphatic imine (C=N–C) groups is 1. The van der Waals surface area contributed by atoms with Gasteiger partial charge in [-0.15, -0.1) is 24.0 Å². The van der Waals surface area contributed by atoms with E-state index in [0.29, 0.717) is 25.6 Å². The van der Waals surface area contributed by atoms with Gasteiger partial charge in [0.1, 0.15) is 0 Å². The maximum atomic E-state index is 12.2. The van der Waals surface area contributed by atoms with Crippen LogP contribution in [0.3, 0.4) is 0 Å². The summed E-state index contributed by atoms with van der Waals surface area (Å²) >= 11 is 0. The lowest BCUT2D eigenvalue weighted by Crippen LogP contribution is -2.52. The van der Waals surface area contributed by atoms with Crippen molar-refractivity contribution in [1.82, 2.24) is 20.5 Å². The van der Waals surface area contributed by atoms with Gasteiger partial charge in [0.2, 0.25) is 5.96 Å². The molecule has 1 aromatic heterocycles. The van der Waals surface area contributed by atoms with Gasteiger partial charge in [-0.2, -0.15) is 0 Å². The third kappa shape index (κ3) is 5.49. The molecule has 0 spiro atoms. The molecule has 0 saturated heterocycles. The lowest BCUT2D eigenvalue weighted by molar-refractivity contribution is 0.213. The van der Waals surface area contributed by atoms with Crippen molar-refractivity contribution in [1.29, 1.82) is 0 Å². The molecule has 0 radical (unpaired) electrons. The number of hydrogen-bond acceptors (Lipinski definition) is 4. The second-order valence-electron chi connectivity index (χ2n) is 5.75. The number of carbonyl (C=O) groups excluding carboxylic acids is 1. The molecule has 2 N–H and O–H groups in total. The minimum atomic E-state index is -0.256. The van der Waals surface area contributed by atoms with Crippen LogP contribution in [0.4, 0.5) is 4.79 Å². The number of nitrogens with one attached hydrogen (secondary N) is 2. The molecule has 6 nitrogen and oxygen atoms in total. The van der Waals surface area contributed by atoms with Gasteiger partial charge in [-0.25, -0.2) is 4.79 Å². The Bertz CT molecular complexity index is 498. The lowest BCUT2D eigenvalue weighted by Gasteiger charge is -2.26. The molecular weight excluding hydrogens is 381 g/mol. The summed E-state index contributed by atoms with van der Waals surface area (Å²) in [6.07, 6.45) is 3.53. The fraction of sp³-hybridized carbons (Fsp3) is 0.500. The lowest BCUT2D eigenvalue weighted by atomic mass is 10.1. The van der Waals surface area contributed by atoms with Crippen molar-refractivity contribution in [2.75, 3.05) is 13.1 Å². The van der Waals surface area contributed by atoms with Gasteiger partial charge in [0, 0.05) is 24.5 Å². The van der Waals surface area contributed by atoms with E-state index in [9.17, 15) is 4.79 Å². The molecule has 116 valence electrons. The molecule has 0 unspecified atom stereocenters. The van der Waals surface area contributed by atoms with E-state index in [4.69, 9.17) is 0 Å². The van der Waals surface area contributed by atoms with E-state index in [1.807, 2.05) is 32.9 Å². The van der Waals surface area contributed by atoms with E-state index >= 15 is 0 Å². The standard InChI is InChI=1S/C14H21N5O.HI/c1-14(2,3)18-13(20)19-8-7-16-12(19)17-10-11-5-4-6-15-9-11;/h4-6,9H,7-8,10H2,1-3H3,(H,16,17)(H,18,20);1H. The molecule has 1 aliphatic rings.